The highest BCUT2D eigenvalue weighted by Gasteiger charge is 2.54. The fourth-order valence-electron chi connectivity index (χ4n) is 2.56. The molecule has 5 heteroatoms. The highest BCUT2D eigenvalue weighted by Crippen LogP contribution is 2.46. The smallest absolute Gasteiger partial charge is 0.411 e. The number of nitrogens with zero attached hydrogens (tertiary/aromatic N) is 1. The molecular weight excluding hydrogens is 330 g/mol. The first-order valence-corrected chi connectivity index (χ1v) is 11.9. The number of rotatable bonds is 4. The molecule has 2 rings (SSSR count). The Hall–Kier alpha value is -1.33. The van der Waals surface area contributed by atoms with Crippen LogP contribution in [0.2, 0.25) is 18.1 Å². The van der Waals surface area contributed by atoms with Crippen molar-refractivity contribution in [1.82, 2.24) is 4.90 Å². The van der Waals surface area contributed by atoms with Gasteiger partial charge in [-0.1, -0.05) is 51.1 Å². The molecule has 0 aliphatic carbocycles. The van der Waals surface area contributed by atoms with Gasteiger partial charge in [0.1, 0.15) is 5.60 Å². The van der Waals surface area contributed by atoms with Crippen LogP contribution in [0.15, 0.2) is 30.3 Å². The van der Waals surface area contributed by atoms with Gasteiger partial charge < -0.3 is 9.16 Å². The molecule has 0 bridgehead atoms. The minimum atomic E-state index is -1.85. The standard InChI is InChI=1S/C20H33NO3Si/c1-19(2,3)24-18(22)21-16(14-23-25(7,8)20(4,5)6)17(21)15-12-10-9-11-13-15/h9-13,16-17H,14H2,1-8H3/t16-,17+,21?/m1/s1. The summed E-state index contributed by atoms with van der Waals surface area (Å²) in [5, 5.41) is 0.154. The van der Waals surface area contributed by atoms with Gasteiger partial charge >= 0.3 is 6.09 Å². The van der Waals surface area contributed by atoms with Crippen LogP contribution in [0.3, 0.4) is 0 Å². The van der Waals surface area contributed by atoms with E-state index in [-0.39, 0.29) is 23.2 Å². The lowest BCUT2D eigenvalue weighted by atomic mass is 10.1. The van der Waals surface area contributed by atoms with E-state index in [1.54, 1.807) is 0 Å². The van der Waals surface area contributed by atoms with E-state index in [4.69, 9.17) is 9.16 Å². The Morgan fingerprint density at radius 3 is 2.12 bits per heavy atom. The van der Waals surface area contributed by atoms with Gasteiger partial charge in [0.25, 0.3) is 0 Å². The third kappa shape index (κ3) is 4.85. The second-order valence-electron chi connectivity index (χ2n) is 9.38. The summed E-state index contributed by atoms with van der Waals surface area (Å²) in [6, 6.07) is 10.2. The van der Waals surface area contributed by atoms with Crippen LogP contribution in [0.4, 0.5) is 4.79 Å². The number of hydrogen-bond acceptors (Lipinski definition) is 3. The molecule has 25 heavy (non-hydrogen) atoms. The zero-order valence-electron chi connectivity index (χ0n) is 16.9. The molecule has 0 unspecified atom stereocenters. The van der Waals surface area contributed by atoms with Crippen LogP contribution in [0.1, 0.15) is 53.1 Å². The maximum Gasteiger partial charge on any atom is 0.411 e. The minimum Gasteiger partial charge on any atom is -0.444 e. The molecule has 0 radical (unpaired) electrons. The molecule has 140 valence electrons. The van der Waals surface area contributed by atoms with E-state index in [2.05, 4.69) is 46.0 Å². The first kappa shape index (κ1) is 20.0. The third-order valence-corrected chi connectivity index (χ3v) is 9.60. The summed E-state index contributed by atoms with van der Waals surface area (Å²) in [7, 11) is -1.85. The molecule has 0 saturated carbocycles. The molecule has 1 aromatic carbocycles. The molecular formula is C20H33NO3Si. The lowest BCUT2D eigenvalue weighted by molar-refractivity contribution is 0.0383. The van der Waals surface area contributed by atoms with Gasteiger partial charge in [-0.05, 0) is 44.5 Å². The van der Waals surface area contributed by atoms with E-state index in [9.17, 15) is 4.79 Å². The lowest BCUT2D eigenvalue weighted by Crippen LogP contribution is -2.42. The molecule has 0 spiro atoms. The predicted molar refractivity (Wildman–Crippen MR) is 104 cm³/mol. The number of benzene rings is 1. The van der Waals surface area contributed by atoms with E-state index in [1.165, 1.54) is 0 Å². The molecule has 1 aliphatic heterocycles. The minimum absolute atomic E-state index is 0.0424. The molecule has 0 aromatic heterocycles. The van der Waals surface area contributed by atoms with Crippen LogP contribution in [0.5, 0.6) is 0 Å². The maximum absolute atomic E-state index is 12.6. The first-order valence-electron chi connectivity index (χ1n) is 9.04. The van der Waals surface area contributed by atoms with Crippen LogP contribution in [-0.4, -0.2) is 37.6 Å². The van der Waals surface area contributed by atoms with Gasteiger partial charge in [0, 0.05) is 0 Å². The number of amides is 1. The predicted octanol–water partition coefficient (Wildman–Crippen LogP) is 5.37. The quantitative estimate of drug-likeness (QED) is 0.533. The molecule has 1 aromatic rings. The van der Waals surface area contributed by atoms with Crippen molar-refractivity contribution >= 4 is 14.4 Å². The largest absolute Gasteiger partial charge is 0.444 e. The van der Waals surface area contributed by atoms with Gasteiger partial charge in [0.15, 0.2) is 8.32 Å². The number of carbonyl (C=O) groups is 1. The summed E-state index contributed by atoms with van der Waals surface area (Å²) in [6.07, 6.45) is -0.259. The summed E-state index contributed by atoms with van der Waals surface area (Å²) >= 11 is 0. The summed E-state index contributed by atoms with van der Waals surface area (Å²) in [6.45, 7) is 17.4. The van der Waals surface area contributed by atoms with Crippen LogP contribution < -0.4 is 0 Å². The van der Waals surface area contributed by atoms with Gasteiger partial charge in [-0.25, -0.2) is 4.79 Å². The topological polar surface area (TPSA) is 38.5 Å². The van der Waals surface area contributed by atoms with Gasteiger partial charge in [-0.15, -0.1) is 0 Å². The lowest BCUT2D eigenvalue weighted by Gasteiger charge is -2.36. The highest BCUT2D eigenvalue weighted by atomic mass is 28.4. The van der Waals surface area contributed by atoms with Crippen molar-refractivity contribution < 1.29 is 14.0 Å². The van der Waals surface area contributed by atoms with Crippen LogP contribution in [0, 0.1) is 0 Å². The van der Waals surface area contributed by atoms with E-state index in [0.717, 1.165) is 5.56 Å². The van der Waals surface area contributed by atoms with Crippen LogP contribution >= 0.6 is 0 Å². The Morgan fingerprint density at radius 1 is 1.08 bits per heavy atom. The van der Waals surface area contributed by atoms with E-state index in [1.807, 2.05) is 43.9 Å². The normalized spacial score (nSPS) is 21.2. The second-order valence-corrected chi connectivity index (χ2v) is 14.2. The molecule has 0 N–H and O–H groups in total. The number of carbonyl (C=O) groups excluding carboxylic acids is 1. The van der Waals surface area contributed by atoms with Crippen molar-refractivity contribution in [2.75, 3.05) is 6.61 Å². The molecule has 4 nitrogen and oxygen atoms in total. The summed E-state index contributed by atoms with van der Waals surface area (Å²) in [5.74, 6) is 0. The summed E-state index contributed by atoms with van der Waals surface area (Å²) < 4.78 is 12.0. The van der Waals surface area contributed by atoms with E-state index < -0.39 is 13.9 Å². The summed E-state index contributed by atoms with van der Waals surface area (Å²) in [4.78, 5) is 14.4. The molecule has 2 atom stereocenters. The molecule has 1 fully saturated rings. The fraction of sp³-hybridized carbons (Fsp3) is 0.650. The van der Waals surface area contributed by atoms with Crippen LogP contribution in [0.25, 0.3) is 0 Å². The van der Waals surface area contributed by atoms with Crippen molar-refractivity contribution in [3.05, 3.63) is 35.9 Å². The zero-order chi connectivity index (χ0) is 19.0. The molecule has 1 saturated heterocycles. The maximum atomic E-state index is 12.6. The zero-order valence-corrected chi connectivity index (χ0v) is 17.9. The average Bonchev–Trinajstić information content (AvgIpc) is 3.17. The summed E-state index contributed by atoms with van der Waals surface area (Å²) in [5.41, 5.74) is 0.642. The van der Waals surface area contributed by atoms with E-state index >= 15 is 0 Å². The van der Waals surface area contributed by atoms with Crippen LogP contribution in [-0.2, 0) is 9.16 Å². The van der Waals surface area contributed by atoms with Gasteiger partial charge in [-0.2, -0.15) is 0 Å². The second kappa shape index (κ2) is 6.76. The van der Waals surface area contributed by atoms with Gasteiger partial charge in [-0.3, -0.25) is 4.90 Å². The number of ether oxygens (including phenoxy) is 1. The van der Waals surface area contributed by atoms with Crippen molar-refractivity contribution in [1.29, 1.82) is 0 Å². The highest BCUT2D eigenvalue weighted by molar-refractivity contribution is 6.74. The van der Waals surface area contributed by atoms with Crippen molar-refractivity contribution in [2.24, 2.45) is 0 Å². The average molecular weight is 364 g/mol. The van der Waals surface area contributed by atoms with Crippen molar-refractivity contribution in [3.8, 4) is 0 Å². The Kier molecular flexibility index (Phi) is 5.41. The van der Waals surface area contributed by atoms with Gasteiger partial charge in [0.2, 0.25) is 0 Å². The monoisotopic (exact) mass is 363 g/mol. The SMILES string of the molecule is CC(C)(C)OC(=O)N1[C@H](CO[Si](C)(C)C(C)(C)C)[C@@H]1c1ccccc1. The number of hydrogen-bond donors (Lipinski definition) is 0. The molecule has 1 amide bonds. The fourth-order valence-corrected chi connectivity index (χ4v) is 3.58. The Balaban J connectivity index is 2.12. The Bertz CT molecular complexity index is 602. The van der Waals surface area contributed by atoms with Gasteiger partial charge in [0.05, 0.1) is 18.7 Å². The first-order chi connectivity index (χ1) is 11.3. The molecule has 1 heterocycles. The van der Waals surface area contributed by atoms with E-state index in [0.29, 0.717) is 6.61 Å². The van der Waals surface area contributed by atoms with Crippen molar-refractivity contribution in [3.63, 3.8) is 0 Å². The Morgan fingerprint density at radius 2 is 1.64 bits per heavy atom. The van der Waals surface area contributed by atoms with Crippen molar-refractivity contribution in [2.45, 2.75) is 77.4 Å². The third-order valence-electron chi connectivity index (χ3n) is 5.10. The molecule has 1 aliphatic rings. The Labute approximate surface area is 153 Å².